The van der Waals surface area contributed by atoms with Crippen LogP contribution in [0.15, 0.2) is 30.3 Å². The number of alkyl halides is 3. The van der Waals surface area contributed by atoms with E-state index in [1.807, 2.05) is 24.3 Å². The molecule has 1 heterocycles. The van der Waals surface area contributed by atoms with Crippen LogP contribution >= 0.6 is 0 Å². The summed E-state index contributed by atoms with van der Waals surface area (Å²) in [6.07, 6.45) is -4.07. The van der Waals surface area contributed by atoms with Gasteiger partial charge in [0.05, 0.1) is 7.11 Å². The lowest BCUT2D eigenvalue weighted by Gasteiger charge is -2.10. The predicted molar refractivity (Wildman–Crippen MR) is 82.1 cm³/mol. The number of amides is 1. The third-order valence-corrected chi connectivity index (χ3v) is 3.15. The average molecular weight is 342 g/mol. The maximum atomic E-state index is 12.1. The zero-order valence-corrected chi connectivity index (χ0v) is 13.0. The maximum absolute atomic E-state index is 12.1. The Morgan fingerprint density at radius 3 is 2.75 bits per heavy atom. The molecule has 0 bridgehead atoms. The van der Waals surface area contributed by atoms with Crippen LogP contribution in [0.2, 0.25) is 0 Å². The Kier molecular flexibility index (Phi) is 5.97. The van der Waals surface area contributed by atoms with E-state index in [1.165, 1.54) is 7.11 Å². The molecular formula is C16H17F3N2O3. The fraction of sp³-hybridized carbons (Fsp3) is 0.375. The predicted octanol–water partition coefficient (Wildman–Crippen LogP) is 2.94. The molecule has 0 aliphatic carbocycles. The summed E-state index contributed by atoms with van der Waals surface area (Å²) in [7, 11) is 1.47. The average Bonchev–Trinajstić information content (AvgIpc) is 2.55. The number of fused-ring (bicyclic) bond motifs is 1. The van der Waals surface area contributed by atoms with Crippen molar-refractivity contribution in [3.05, 3.63) is 36.0 Å². The Bertz CT molecular complexity index is 705. The van der Waals surface area contributed by atoms with Crippen LogP contribution in [0, 0.1) is 0 Å². The molecule has 24 heavy (non-hydrogen) atoms. The number of carbonyl (C=O) groups is 1. The zero-order chi connectivity index (χ0) is 17.6. The number of nitrogens with zero attached hydrogens (tertiary/aromatic N) is 1. The Hall–Kier alpha value is -2.35. The van der Waals surface area contributed by atoms with Crippen molar-refractivity contribution in [3.63, 3.8) is 0 Å². The number of methoxy groups -OCH3 is 1. The van der Waals surface area contributed by atoms with Crippen molar-refractivity contribution in [1.29, 1.82) is 0 Å². The number of ether oxygens (including phenoxy) is 2. The lowest BCUT2D eigenvalue weighted by atomic mass is 10.1. The largest absolute Gasteiger partial charge is 0.481 e. The molecule has 2 aromatic rings. The van der Waals surface area contributed by atoms with Gasteiger partial charge in [-0.15, -0.1) is 0 Å². The molecule has 0 atom stereocenters. The topological polar surface area (TPSA) is 60.5 Å². The number of nitrogens with one attached hydrogen (secondary N) is 1. The number of halogens is 3. The van der Waals surface area contributed by atoms with E-state index in [0.29, 0.717) is 5.88 Å². The highest BCUT2D eigenvalue weighted by Crippen LogP contribution is 2.24. The van der Waals surface area contributed by atoms with E-state index in [1.54, 1.807) is 6.07 Å². The molecular weight excluding hydrogens is 325 g/mol. The Labute approximate surface area is 136 Å². The SMILES string of the molecule is COc1nc(C(=O)NCCCOCC(F)(F)F)cc2ccccc12. The second kappa shape index (κ2) is 7.96. The molecule has 0 saturated carbocycles. The van der Waals surface area contributed by atoms with Crippen LogP contribution in [0.4, 0.5) is 13.2 Å². The van der Waals surface area contributed by atoms with E-state index in [9.17, 15) is 18.0 Å². The first-order valence-electron chi connectivity index (χ1n) is 7.27. The van der Waals surface area contributed by atoms with E-state index in [0.717, 1.165) is 10.8 Å². The maximum Gasteiger partial charge on any atom is 0.411 e. The molecule has 130 valence electrons. The summed E-state index contributed by atoms with van der Waals surface area (Å²) < 4.78 is 45.4. The van der Waals surface area contributed by atoms with Crippen LogP contribution < -0.4 is 10.1 Å². The number of aromatic nitrogens is 1. The third kappa shape index (κ3) is 5.09. The molecule has 0 aliphatic rings. The Balaban J connectivity index is 1.90. The first kappa shape index (κ1) is 18.0. The molecule has 1 aromatic carbocycles. The van der Waals surface area contributed by atoms with Crippen LogP contribution in [0.3, 0.4) is 0 Å². The lowest BCUT2D eigenvalue weighted by Crippen LogP contribution is -2.26. The van der Waals surface area contributed by atoms with Crippen molar-refractivity contribution < 1.29 is 27.4 Å². The summed E-state index contributed by atoms with van der Waals surface area (Å²) in [5.41, 5.74) is 0.182. The molecule has 5 nitrogen and oxygen atoms in total. The molecule has 2 rings (SSSR count). The molecule has 8 heteroatoms. The highest BCUT2D eigenvalue weighted by atomic mass is 19.4. The first-order chi connectivity index (χ1) is 11.4. The zero-order valence-electron chi connectivity index (χ0n) is 13.0. The summed E-state index contributed by atoms with van der Waals surface area (Å²) in [5, 5.41) is 4.19. The van der Waals surface area contributed by atoms with Crippen LogP contribution in [-0.4, -0.2) is 43.9 Å². The van der Waals surface area contributed by atoms with Gasteiger partial charge in [0.2, 0.25) is 5.88 Å². The molecule has 0 radical (unpaired) electrons. The summed E-state index contributed by atoms with van der Waals surface area (Å²) >= 11 is 0. The van der Waals surface area contributed by atoms with Crippen molar-refractivity contribution in [3.8, 4) is 5.88 Å². The van der Waals surface area contributed by atoms with E-state index >= 15 is 0 Å². The van der Waals surface area contributed by atoms with Gasteiger partial charge in [-0.25, -0.2) is 4.98 Å². The van der Waals surface area contributed by atoms with Crippen molar-refractivity contribution in [2.75, 3.05) is 26.9 Å². The van der Waals surface area contributed by atoms with Crippen molar-refractivity contribution in [2.45, 2.75) is 12.6 Å². The second-order valence-corrected chi connectivity index (χ2v) is 5.02. The van der Waals surface area contributed by atoms with Crippen LogP contribution in [0.25, 0.3) is 10.8 Å². The monoisotopic (exact) mass is 342 g/mol. The van der Waals surface area contributed by atoms with Gasteiger partial charge in [-0.1, -0.05) is 18.2 Å². The minimum absolute atomic E-state index is 0.0890. The Morgan fingerprint density at radius 1 is 1.29 bits per heavy atom. The van der Waals surface area contributed by atoms with Gasteiger partial charge in [-0.3, -0.25) is 4.79 Å². The van der Waals surface area contributed by atoms with Gasteiger partial charge in [0, 0.05) is 18.5 Å². The third-order valence-electron chi connectivity index (χ3n) is 3.15. The number of carbonyl (C=O) groups excluding carboxylic acids is 1. The summed E-state index contributed by atoms with van der Waals surface area (Å²) in [5.74, 6) is -0.0818. The molecule has 0 fully saturated rings. The van der Waals surface area contributed by atoms with E-state index in [2.05, 4.69) is 15.0 Å². The summed E-state index contributed by atoms with van der Waals surface area (Å²) in [4.78, 5) is 16.3. The van der Waals surface area contributed by atoms with Gasteiger partial charge < -0.3 is 14.8 Å². The second-order valence-electron chi connectivity index (χ2n) is 5.02. The van der Waals surface area contributed by atoms with Crippen LogP contribution in [-0.2, 0) is 4.74 Å². The summed E-state index contributed by atoms with van der Waals surface area (Å²) in [6, 6.07) is 8.98. The molecule has 0 spiro atoms. The normalized spacial score (nSPS) is 11.5. The number of rotatable bonds is 7. The molecule has 0 aliphatic heterocycles. The fourth-order valence-electron chi connectivity index (χ4n) is 2.09. The minimum Gasteiger partial charge on any atom is -0.481 e. The molecule has 0 saturated heterocycles. The highest BCUT2D eigenvalue weighted by molar-refractivity contribution is 5.98. The molecule has 1 amide bonds. The lowest BCUT2D eigenvalue weighted by molar-refractivity contribution is -0.173. The molecule has 1 aromatic heterocycles. The van der Waals surface area contributed by atoms with Crippen molar-refractivity contribution in [2.24, 2.45) is 0 Å². The van der Waals surface area contributed by atoms with Crippen LogP contribution in [0.5, 0.6) is 5.88 Å². The van der Waals surface area contributed by atoms with Crippen molar-refractivity contribution in [1.82, 2.24) is 10.3 Å². The van der Waals surface area contributed by atoms with E-state index in [4.69, 9.17) is 4.74 Å². The number of pyridine rings is 1. The minimum atomic E-state index is -4.34. The quantitative estimate of drug-likeness (QED) is 0.786. The van der Waals surface area contributed by atoms with Gasteiger partial charge in [-0.05, 0) is 23.9 Å². The van der Waals surface area contributed by atoms with Gasteiger partial charge in [0.1, 0.15) is 12.3 Å². The van der Waals surface area contributed by atoms with Gasteiger partial charge in [-0.2, -0.15) is 13.2 Å². The van der Waals surface area contributed by atoms with Gasteiger partial charge in [0.15, 0.2) is 0 Å². The summed E-state index contributed by atoms with van der Waals surface area (Å²) in [6.45, 7) is -1.19. The van der Waals surface area contributed by atoms with Crippen LogP contribution in [0.1, 0.15) is 16.9 Å². The molecule has 1 N–H and O–H groups in total. The number of hydrogen-bond donors (Lipinski definition) is 1. The Morgan fingerprint density at radius 2 is 2.04 bits per heavy atom. The van der Waals surface area contributed by atoms with E-state index in [-0.39, 0.29) is 25.3 Å². The first-order valence-corrected chi connectivity index (χ1v) is 7.27. The standard InChI is InChI=1S/C16H17F3N2O3/c1-23-15-12-6-3-2-5-11(12)9-13(21-15)14(22)20-7-4-8-24-10-16(17,18)19/h2-3,5-6,9H,4,7-8,10H2,1H3,(H,20,22). The van der Waals surface area contributed by atoms with Crippen molar-refractivity contribution >= 4 is 16.7 Å². The highest BCUT2D eigenvalue weighted by Gasteiger charge is 2.27. The van der Waals surface area contributed by atoms with Gasteiger partial charge >= 0.3 is 6.18 Å². The molecule has 0 unspecified atom stereocenters. The smallest absolute Gasteiger partial charge is 0.411 e. The van der Waals surface area contributed by atoms with E-state index < -0.39 is 18.7 Å². The number of hydrogen-bond acceptors (Lipinski definition) is 4. The van der Waals surface area contributed by atoms with Gasteiger partial charge in [0.25, 0.3) is 5.91 Å². The fourth-order valence-corrected chi connectivity index (χ4v) is 2.09. The number of benzene rings is 1.